The lowest BCUT2D eigenvalue weighted by atomic mass is 10.0. The highest BCUT2D eigenvalue weighted by Crippen LogP contribution is 2.45. The number of aromatic nitrogens is 2. The zero-order valence-electron chi connectivity index (χ0n) is 16.5. The van der Waals surface area contributed by atoms with Crippen molar-refractivity contribution in [2.75, 3.05) is 13.7 Å². The number of nitrogens with zero attached hydrogens (tertiary/aromatic N) is 2. The van der Waals surface area contributed by atoms with Crippen LogP contribution in [0.1, 0.15) is 27.7 Å². The van der Waals surface area contributed by atoms with Crippen LogP contribution in [0.25, 0.3) is 0 Å². The van der Waals surface area contributed by atoms with Crippen molar-refractivity contribution >= 4 is 8.56 Å². The van der Waals surface area contributed by atoms with Crippen molar-refractivity contribution in [1.82, 2.24) is 9.55 Å². The molecular formula is C17H25N3O7Si. The van der Waals surface area contributed by atoms with Crippen LogP contribution < -0.4 is 11.2 Å². The highest BCUT2D eigenvalue weighted by Gasteiger charge is 2.64. The lowest BCUT2D eigenvalue weighted by Crippen LogP contribution is -2.56. The van der Waals surface area contributed by atoms with E-state index in [1.165, 1.54) is 13.3 Å². The molecule has 1 aromatic heterocycles. The Hall–Kier alpha value is -1.81. The van der Waals surface area contributed by atoms with Gasteiger partial charge in [0.15, 0.2) is 0 Å². The fourth-order valence-corrected chi connectivity index (χ4v) is 7.17. The van der Waals surface area contributed by atoms with Gasteiger partial charge in [0.2, 0.25) is 0 Å². The van der Waals surface area contributed by atoms with Crippen LogP contribution in [0.4, 0.5) is 0 Å². The van der Waals surface area contributed by atoms with E-state index >= 15 is 0 Å². The summed E-state index contributed by atoms with van der Waals surface area (Å²) < 4.78 is 24.9. The second kappa shape index (κ2) is 7.55. The van der Waals surface area contributed by atoms with E-state index in [2.05, 4.69) is 11.1 Å². The van der Waals surface area contributed by atoms with Crippen LogP contribution in [0.2, 0.25) is 11.1 Å². The third kappa shape index (κ3) is 3.06. The van der Waals surface area contributed by atoms with Gasteiger partial charge >= 0.3 is 14.3 Å². The fourth-order valence-electron chi connectivity index (χ4n) is 3.92. The smallest absolute Gasteiger partial charge is 0.380 e. The Morgan fingerprint density at radius 2 is 2.04 bits per heavy atom. The summed E-state index contributed by atoms with van der Waals surface area (Å²) in [6.45, 7) is 8.00. The molecule has 28 heavy (non-hydrogen) atoms. The summed E-state index contributed by atoms with van der Waals surface area (Å²) in [4.78, 5) is 31.5. The molecule has 0 spiro atoms. The van der Waals surface area contributed by atoms with E-state index in [4.69, 9.17) is 23.4 Å². The molecule has 2 saturated heterocycles. The number of aromatic amines is 1. The maximum absolute atomic E-state index is 12.4. The van der Waals surface area contributed by atoms with Crippen LogP contribution >= 0.6 is 0 Å². The number of nitrogens with one attached hydrogen (secondary N) is 1. The molecule has 0 amide bonds. The maximum atomic E-state index is 12.4. The second-order valence-corrected chi connectivity index (χ2v) is 11.7. The molecule has 0 unspecified atom stereocenters. The first-order valence-electron chi connectivity index (χ1n) is 9.14. The zero-order chi connectivity index (χ0) is 20.7. The maximum Gasteiger partial charge on any atom is 0.380 e. The van der Waals surface area contributed by atoms with Crippen molar-refractivity contribution in [2.24, 2.45) is 0 Å². The van der Waals surface area contributed by atoms with Crippen LogP contribution in [-0.2, 0) is 29.1 Å². The lowest BCUT2D eigenvalue weighted by molar-refractivity contribution is -0.247. The third-order valence-corrected chi connectivity index (χ3v) is 9.57. The van der Waals surface area contributed by atoms with E-state index in [1.54, 1.807) is 0 Å². The molecule has 0 bridgehead atoms. The molecule has 1 aromatic rings. The SMILES string of the molecule is CO[C@@H]1[C@@H]2O[Si](C(C)C)(C(C)C)OOC[C@H]2O[C@@]1(C#N)n1ccc(=O)[nH]c1=O. The van der Waals surface area contributed by atoms with Crippen LogP contribution in [0.3, 0.4) is 0 Å². The first-order chi connectivity index (χ1) is 13.2. The average Bonchev–Trinajstić information content (AvgIpc) is 2.79. The molecule has 0 aliphatic carbocycles. The zero-order valence-corrected chi connectivity index (χ0v) is 17.5. The van der Waals surface area contributed by atoms with Gasteiger partial charge in [-0.3, -0.25) is 18.9 Å². The van der Waals surface area contributed by atoms with Gasteiger partial charge in [-0.05, 0) is 11.1 Å². The number of hydrogen-bond donors (Lipinski definition) is 1. The first-order valence-corrected chi connectivity index (χ1v) is 11.1. The summed E-state index contributed by atoms with van der Waals surface area (Å²) in [6.07, 6.45) is -1.12. The summed E-state index contributed by atoms with van der Waals surface area (Å²) in [5.74, 6) is 0. The minimum Gasteiger partial charge on any atom is -0.383 e. The summed E-state index contributed by atoms with van der Waals surface area (Å²) in [5, 5.41) is 10.0. The van der Waals surface area contributed by atoms with E-state index in [0.29, 0.717) is 0 Å². The first kappa shape index (κ1) is 20.9. The van der Waals surface area contributed by atoms with Gasteiger partial charge in [0, 0.05) is 19.4 Å². The van der Waals surface area contributed by atoms with E-state index in [-0.39, 0.29) is 17.7 Å². The highest BCUT2D eigenvalue weighted by molar-refractivity contribution is 6.70. The van der Waals surface area contributed by atoms with Gasteiger partial charge in [-0.25, -0.2) is 9.68 Å². The normalized spacial score (nSPS) is 32.1. The van der Waals surface area contributed by atoms with Crippen LogP contribution in [0, 0.1) is 11.3 Å². The summed E-state index contributed by atoms with van der Waals surface area (Å²) in [6, 6.07) is 3.20. The Kier molecular flexibility index (Phi) is 5.64. The summed E-state index contributed by atoms with van der Waals surface area (Å²) in [7, 11) is -1.45. The Labute approximate surface area is 163 Å². The number of methoxy groups -OCH3 is 1. The third-order valence-electron chi connectivity index (χ3n) is 5.33. The number of H-pyrrole nitrogens is 1. The minimum absolute atomic E-state index is 0.0141. The molecule has 3 heterocycles. The van der Waals surface area contributed by atoms with Crippen molar-refractivity contribution in [1.29, 1.82) is 5.26 Å². The minimum atomic E-state index is -2.87. The van der Waals surface area contributed by atoms with Crippen molar-refractivity contribution < 1.29 is 23.4 Å². The fraction of sp³-hybridized carbons (Fsp3) is 0.706. The molecule has 2 aliphatic rings. The van der Waals surface area contributed by atoms with Gasteiger partial charge in [-0.15, -0.1) is 0 Å². The molecular weight excluding hydrogens is 386 g/mol. The summed E-state index contributed by atoms with van der Waals surface area (Å²) in [5.41, 5.74) is -3.07. The van der Waals surface area contributed by atoms with E-state index in [1.807, 2.05) is 27.7 Å². The number of nitriles is 1. The standard InChI is InChI=1S/C17H25N3O7Si/c1-10(2)28(11(3)4)26-14-12(8-24-27-28)25-17(9-18,15(14)23-5)20-7-6-13(21)19-16(20)22/h6-7,10-12,14-15H,8H2,1-5H3,(H,19,21,22)/t12-,14-,15-,17-/m1/s1. The Bertz CT molecular complexity index is 868. The molecule has 4 atom stereocenters. The van der Waals surface area contributed by atoms with Crippen molar-refractivity contribution in [3.63, 3.8) is 0 Å². The molecule has 0 saturated carbocycles. The highest BCUT2D eigenvalue weighted by atomic mass is 28.4. The average molecular weight is 411 g/mol. The summed E-state index contributed by atoms with van der Waals surface area (Å²) >= 11 is 0. The van der Waals surface area contributed by atoms with Crippen molar-refractivity contribution in [2.45, 2.75) is 62.8 Å². The Balaban J connectivity index is 2.10. The topological polar surface area (TPSA) is 125 Å². The van der Waals surface area contributed by atoms with Gasteiger partial charge in [0.1, 0.15) is 31.0 Å². The second-order valence-electron chi connectivity index (χ2n) is 7.58. The van der Waals surface area contributed by atoms with Gasteiger partial charge in [-0.2, -0.15) is 5.26 Å². The van der Waals surface area contributed by atoms with E-state index in [9.17, 15) is 14.9 Å². The Morgan fingerprint density at radius 3 is 2.57 bits per heavy atom. The number of ether oxygens (including phenoxy) is 2. The predicted molar refractivity (Wildman–Crippen MR) is 98.4 cm³/mol. The van der Waals surface area contributed by atoms with Gasteiger partial charge < -0.3 is 13.9 Å². The molecule has 0 aromatic carbocycles. The van der Waals surface area contributed by atoms with E-state index < -0.39 is 43.8 Å². The molecule has 1 N–H and O–H groups in total. The molecule has 154 valence electrons. The van der Waals surface area contributed by atoms with Crippen LogP contribution in [0.5, 0.6) is 0 Å². The number of rotatable bonds is 4. The van der Waals surface area contributed by atoms with Gasteiger partial charge in [0.05, 0.1) is 0 Å². The molecule has 2 aliphatic heterocycles. The molecule has 3 rings (SSSR count). The Morgan fingerprint density at radius 1 is 1.36 bits per heavy atom. The molecule has 2 fully saturated rings. The van der Waals surface area contributed by atoms with Crippen molar-refractivity contribution in [3.05, 3.63) is 33.1 Å². The van der Waals surface area contributed by atoms with Crippen LogP contribution in [0.15, 0.2) is 21.9 Å². The molecule has 0 radical (unpaired) electrons. The molecule has 10 nitrogen and oxygen atoms in total. The lowest BCUT2D eigenvalue weighted by Gasteiger charge is -2.38. The predicted octanol–water partition coefficient (Wildman–Crippen LogP) is 0.736. The van der Waals surface area contributed by atoms with Gasteiger partial charge in [0.25, 0.3) is 11.3 Å². The van der Waals surface area contributed by atoms with E-state index in [0.717, 1.165) is 10.6 Å². The number of hydrogen-bond acceptors (Lipinski definition) is 8. The van der Waals surface area contributed by atoms with Crippen molar-refractivity contribution in [3.8, 4) is 6.07 Å². The largest absolute Gasteiger partial charge is 0.383 e. The monoisotopic (exact) mass is 411 g/mol. The number of fused-ring (bicyclic) bond motifs is 1. The van der Waals surface area contributed by atoms with Gasteiger partial charge in [-0.1, -0.05) is 27.7 Å². The quantitative estimate of drug-likeness (QED) is 0.568. The molecule has 11 heteroatoms. The van der Waals surface area contributed by atoms with Crippen LogP contribution in [-0.4, -0.2) is 50.1 Å².